The molecule has 0 amide bonds. The van der Waals surface area contributed by atoms with E-state index in [0.29, 0.717) is 12.0 Å². The fourth-order valence-corrected chi connectivity index (χ4v) is 3.58. The Morgan fingerprint density at radius 1 is 0.696 bits per heavy atom. The van der Waals surface area contributed by atoms with Gasteiger partial charge in [-0.2, -0.15) is 0 Å². The van der Waals surface area contributed by atoms with Gasteiger partial charge in [-0.15, -0.1) is 0 Å². The molecule has 23 heavy (non-hydrogen) atoms. The zero-order chi connectivity index (χ0) is 15.6. The van der Waals surface area contributed by atoms with Gasteiger partial charge < -0.3 is 4.90 Å². The average Bonchev–Trinajstić information content (AvgIpc) is 2.58. The van der Waals surface area contributed by atoms with E-state index in [0.717, 1.165) is 11.6 Å². The standard InChI is InChI=1S/C21H18ClN/c22-18-13-11-17(12-14-18)21-20(16-7-3-1-4-8-16)15-23(21)19-9-5-2-6-10-19/h1-14,20-21H,15H2. The van der Waals surface area contributed by atoms with Crippen LogP contribution >= 0.6 is 11.6 Å². The molecule has 114 valence electrons. The molecule has 0 saturated carbocycles. The second-order valence-corrected chi connectivity index (χ2v) is 6.44. The van der Waals surface area contributed by atoms with Gasteiger partial charge in [0.25, 0.3) is 0 Å². The number of hydrogen-bond acceptors (Lipinski definition) is 1. The Morgan fingerprint density at radius 3 is 1.96 bits per heavy atom. The molecule has 0 spiro atoms. The molecule has 4 rings (SSSR count). The van der Waals surface area contributed by atoms with E-state index in [9.17, 15) is 0 Å². The van der Waals surface area contributed by atoms with E-state index >= 15 is 0 Å². The lowest BCUT2D eigenvalue weighted by atomic mass is 9.78. The predicted molar refractivity (Wildman–Crippen MR) is 97.2 cm³/mol. The molecule has 0 radical (unpaired) electrons. The summed E-state index contributed by atoms with van der Waals surface area (Å²) in [7, 11) is 0. The molecule has 0 bridgehead atoms. The Balaban J connectivity index is 1.71. The van der Waals surface area contributed by atoms with Crippen LogP contribution in [0.15, 0.2) is 84.9 Å². The van der Waals surface area contributed by atoms with Crippen LogP contribution in [0.25, 0.3) is 0 Å². The largest absolute Gasteiger partial charge is 0.363 e. The molecule has 1 fully saturated rings. The monoisotopic (exact) mass is 319 g/mol. The molecular formula is C21H18ClN. The van der Waals surface area contributed by atoms with E-state index in [1.54, 1.807) is 0 Å². The van der Waals surface area contributed by atoms with Gasteiger partial charge >= 0.3 is 0 Å². The van der Waals surface area contributed by atoms with Crippen molar-refractivity contribution in [2.75, 3.05) is 11.4 Å². The van der Waals surface area contributed by atoms with Gasteiger partial charge in [0.15, 0.2) is 0 Å². The molecule has 0 aromatic heterocycles. The van der Waals surface area contributed by atoms with Crippen LogP contribution in [0, 0.1) is 0 Å². The maximum absolute atomic E-state index is 6.07. The number of para-hydroxylation sites is 1. The van der Waals surface area contributed by atoms with E-state index in [1.165, 1.54) is 16.8 Å². The summed E-state index contributed by atoms with van der Waals surface area (Å²) in [6, 6.07) is 30.1. The second-order valence-electron chi connectivity index (χ2n) is 6.00. The first-order chi connectivity index (χ1) is 11.3. The number of halogens is 1. The molecule has 0 N–H and O–H groups in total. The van der Waals surface area contributed by atoms with Crippen LogP contribution in [0.5, 0.6) is 0 Å². The lowest BCUT2D eigenvalue weighted by Crippen LogP contribution is -2.48. The Hall–Kier alpha value is -2.25. The van der Waals surface area contributed by atoms with Crippen molar-refractivity contribution in [3.8, 4) is 0 Å². The van der Waals surface area contributed by atoms with Gasteiger partial charge in [0.05, 0.1) is 6.04 Å². The topological polar surface area (TPSA) is 3.24 Å². The molecule has 1 aliphatic rings. The quantitative estimate of drug-likeness (QED) is 0.600. The van der Waals surface area contributed by atoms with Gasteiger partial charge in [-0.05, 0) is 35.4 Å². The maximum Gasteiger partial charge on any atom is 0.0628 e. The summed E-state index contributed by atoms with van der Waals surface area (Å²) in [5.74, 6) is 0.512. The smallest absolute Gasteiger partial charge is 0.0628 e. The highest BCUT2D eigenvalue weighted by Crippen LogP contribution is 2.47. The first-order valence-electron chi connectivity index (χ1n) is 7.95. The molecule has 1 nitrogen and oxygen atoms in total. The number of rotatable bonds is 3. The maximum atomic E-state index is 6.07. The van der Waals surface area contributed by atoms with Gasteiger partial charge in [0.1, 0.15) is 0 Å². The van der Waals surface area contributed by atoms with Crippen LogP contribution < -0.4 is 4.90 Å². The molecule has 3 aromatic carbocycles. The second kappa shape index (κ2) is 6.10. The predicted octanol–water partition coefficient (Wildman–Crippen LogP) is 5.69. The highest BCUT2D eigenvalue weighted by Gasteiger charge is 2.40. The summed E-state index contributed by atoms with van der Waals surface area (Å²) in [6.45, 7) is 1.04. The van der Waals surface area contributed by atoms with Crippen molar-refractivity contribution in [1.82, 2.24) is 0 Å². The minimum absolute atomic E-state index is 0.358. The summed E-state index contributed by atoms with van der Waals surface area (Å²) in [4.78, 5) is 2.47. The highest BCUT2D eigenvalue weighted by molar-refractivity contribution is 6.30. The van der Waals surface area contributed by atoms with Gasteiger partial charge in [-0.3, -0.25) is 0 Å². The summed E-state index contributed by atoms with van der Waals surface area (Å²) in [5.41, 5.74) is 4.00. The zero-order valence-electron chi connectivity index (χ0n) is 12.8. The van der Waals surface area contributed by atoms with Crippen LogP contribution in [0.4, 0.5) is 5.69 Å². The Bertz CT molecular complexity index is 722. The van der Waals surface area contributed by atoms with Crippen LogP contribution in [-0.2, 0) is 0 Å². The van der Waals surface area contributed by atoms with Gasteiger partial charge in [0, 0.05) is 23.2 Å². The van der Waals surface area contributed by atoms with Crippen molar-refractivity contribution in [2.24, 2.45) is 0 Å². The van der Waals surface area contributed by atoms with E-state index in [1.807, 2.05) is 12.1 Å². The van der Waals surface area contributed by atoms with Crippen molar-refractivity contribution < 1.29 is 0 Å². The SMILES string of the molecule is Clc1ccc(C2C(c3ccccc3)CN2c2ccccc2)cc1. The van der Waals surface area contributed by atoms with Crippen LogP contribution in [0.1, 0.15) is 23.1 Å². The van der Waals surface area contributed by atoms with Crippen molar-refractivity contribution in [1.29, 1.82) is 0 Å². The molecule has 2 heteroatoms. The summed E-state index contributed by atoms with van der Waals surface area (Å²) >= 11 is 6.07. The zero-order valence-corrected chi connectivity index (χ0v) is 13.5. The minimum atomic E-state index is 0.358. The lowest BCUT2D eigenvalue weighted by Gasteiger charge is -2.50. The van der Waals surface area contributed by atoms with Crippen molar-refractivity contribution >= 4 is 17.3 Å². The molecule has 3 aromatic rings. The van der Waals surface area contributed by atoms with Gasteiger partial charge in [0.2, 0.25) is 0 Å². The molecule has 1 heterocycles. The molecule has 2 unspecified atom stereocenters. The first kappa shape index (κ1) is 14.3. The third-order valence-corrected chi connectivity index (χ3v) is 4.89. The van der Waals surface area contributed by atoms with E-state index in [-0.39, 0.29) is 0 Å². The van der Waals surface area contributed by atoms with Crippen LogP contribution in [0.2, 0.25) is 5.02 Å². The van der Waals surface area contributed by atoms with E-state index in [2.05, 4.69) is 77.7 Å². The molecule has 2 atom stereocenters. The fourth-order valence-electron chi connectivity index (χ4n) is 3.45. The third kappa shape index (κ3) is 2.73. The Kier molecular flexibility index (Phi) is 3.80. The number of nitrogens with zero attached hydrogens (tertiary/aromatic N) is 1. The average molecular weight is 320 g/mol. The summed E-state index contributed by atoms with van der Waals surface area (Å²) in [5, 5.41) is 0.788. The number of benzene rings is 3. The van der Waals surface area contributed by atoms with Crippen molar-refractivity contribution in [2.45, 2.75) is 12.0 Å². The van der Waals surface area contributed by atoms with Crippen LogP contribution in [0.3, 0.4) is 0 Å². The molecule has 1 saturated heterocycles. The van der Waals surface area contributed by atoms with E-state index < -0.39 is 0 Å². The third-order valence-electron chi connectivity index (χ3n) is 4.64. The summed E-state index contributed by atoms with van der Waals surface area (Å²) in [6.07, 6.45) is 0. The first-order valence-corrected chi connectivity index (χ1v) is 8.33. The number of anilines is 1. The number of hydrogen-bond donors (Lipinski definition) is 0. The van der Waals surface area contributed by atoms with Crippen molar-refractivity contribution in [3.63, 3.8) is 0 Å². The molecule has 0 aliphatic carbocycles. The Morgan fingerprint density at radius 2 is 1.30 bits per heavy atom. The normalized spacial score (nSPS) is 20.1. The highest BCUT2D eigenvalue weighted by atomic mass is 35.5. The van der Waals surface area contributed by atoms with Gasteiger partial charge in [-0.1, -0.05) is 72.3 Å². The summed E-state index contributed by atoms with van der Waals surface area (Å²) < 4.78 is 0. The minimum Gasteiger partial charge on any atom is -0.363 e. The lowest BCUT2D eigenvalue weighted by molar-refractivity contribution is 0.392. The van der Waals surface area contributed by atoms with E-state index in [4.69, 9.17) is 11.6 Å². The molecule has 1 aliphatic heterocycles. The van der Waals surface area contributed by atoms with Crippen LogP contribution in [-0.4, -0.2) is 6.54 Å². The Labute approximate surface area is 142 Å². The fraction of sp³-hybridized carbons (Fsp3) is 0.143. The van der Waals surface area contributed by atoms with Gasteiger partial charge in [-0.25, -0.2) is 0 Å². The molecular weight excluding hydrogens is 302 g/mol. The van der Waals surface area contributed by atoms with Crippen molar-refractivity contribution in [3.05, 3.63) is 101 Å².